The van der Waals surface area contributed by atoms with Crippen LogP contribution in [0.2, 0.25) is 0 Å². The second-order valence-electron chi connectivity index (χ2n) is 6.03. The van der Waals surface area contributed by atoms with E-state index in [-0.39, 0.29) is 6.04 Å². The smallest absolute Gasteiger partial charge is 0.243 e. The van der Waals surface area contributed by atoms with Crippen LogP contribution in [-0.4, -0.2) is 24.4 Å². The number of benzene rings is 2. The SMILES string of the molecule is COc1cc(CNC(C)c2nc(Cc3ccccc3)no2)cc(OC)c1. The molecule has 0 aliphatic rings. The molecule has 1 unspecified atom stereocenters. The molecule has 6 heteroatoms. The fourth-order valence-corrected chi connectivity index (χ4v) is 2.62. The molecule has 0 saturated heterocycles. The van der Waals surface area contributed by atoms with E-state index in [1.165, 1.54) is 0 Å². The van der Waals surface area contributed by atoms with Crippen molar-refractivity contribution in [3.63, 3.8) is 0 Å². The maximum absolute atomic E-state index is 5.40. The van der Waals surface area contributed by atoms with Crippen LogP contribution in [0.3, 0.4) is 0 Å². The van der Waals surface area contributed by atoms with Crippen molar-refractivity contribution in [1.29, 1.82) is 0 Å². The molecule has 0 aliphatic heterocycles. The lowest BCUT2D eigenvalue weighted by Crippen LogP contribution is -2.18. The Bertz CT molecular complexity index is 811. The molecule has 1 aromatic heterocycles. The Morgan fingerprint density at radius 3 is 2.35 bits per heavy atom. The summed E-state index contributed by atoms with van der Waals surface area (Å²) in [5.41, 5.74) is 2.21. The van der Waals surface area contributed by atoms with E-state index in [1.54, 1.807) is 14.2 Å². The number of ether oxygens (including phenoxy) is 2. The van der Waals surface area contributed by atoms with Crippen LogP contribution in [0.5, 0.6) is 11.5 Å². The molecule has 0 bridgehead atoms. The molecule has 0 radical (unpaired) electrons. The van der Waals surface area contributed by atoms with E-state index < -0.39 is 0 Å². The molecule has 1 N–H and O–H groups in total. The van der Waals surface area contributed by atoms with Gasteiger partial charge in [-0.05, 0) is 30.2 Å². The molecule has 0 spiro atoms. The molecule has 0 aliphatic carbocycles. The number of methoxy groups -OCH3 is 2. The van der Waals surface area contributed by atoms with Crippen LogP contribution >= 0.6 is 0 Å². The van der Waals surface area contributed by atoms with Gasteiger partial charge in [0, 0.05) is 19.0 Å². The molecule has 136 valence electrons. The Morgan fingerprint density at radius 1 is 1.00 bits per heavy atom. The minimum Gasteiger partial charge on any atom is -0.497 e. The van der Waals surface area contributed by atoms with Gasteiger partial charge in [0.05, 0.1) is 20.3 Å². The van der Waals surface area contributed by atoms with E-state index in [9.17, 15) is 0 Å². The molecule has 0 saturated carbocycles. The molecule has 1 atom stereocenters. The van der Waals surface area contributed by atoms with Gasteiger partial charge in [0.1, 0.15) is 11.5 Å². The number of rotatable bonds is 8. The maximum Gasteiger partial charge on any atom is 0.243 e. The highest BCUT2D eigenvalue weighted by atomic mass is 16.5. The van der Waals surface area contributed by atoms with E-state index in [0.29, 0.717) is 24.7 Å². The molecular weight excluding hydrogens is 330 g/mol. The van der Waals surface area contributed by atoms with Gasteiger partial charge in [-0.15, -0.1) is 0 Å². The van der Waals surface area contributed by atoms with Crippen LogP contribution in [0.1, 0.15) is 35.8 Å². The summed E-state index contributed by atoms with van der Waals surface area (Å²) in [5.74, 6) is 2.78. The van der Waals surface area contributed by atoms with E-state index >= 15 is 0 Å². The van der Waals surface area contributed by atoms with Crippen molar-refractivity contribution < 1.29 is 14.0 Å². The second-order valence-corrected chi connectivity index (χ2v) is 6.03. The quantitative estimate of drug-likeness (QED) is 0.668. The lowest BCUT2D eigenvalue weighted by atomic mass is 10.1. The average molecular weight is 353 g/mol. The minimum absolute atomic E-state index is 0.0655. The van der Waals surface area contributed by atoms with Gasteiger partial charge in [0.15, 0.2) is 5.82 Å². The summed E-state index contributed by atoms with van der Waals surface area (Å²) in [4.78, 5) is 4.50. The number of hydrogen-bond acceptors (Lipinski definition) is 6. The monoisotopic (exact) mass is 353 g/mol. The number of hydrogen-bond donors (Lipinski definition) is 1. The molecule has 0 fully saturated rings. The first-order chi connectivity index (χ1) is 12.7. The van der Waals surface area contributed by atoms with Gasteiger partial charge in [0.25, 0.3) is 0 Å². The summed E-state index contributed by atoms with van der Waals surface area (Å²) in [6.07, 6.45) is 0.657. The predicted molar refractivity (Wildman–Crippen MR) is 98.3 cm³/mol. The lowest BCUT2D eigenvalue weighted by molar-refractivity contribution is 0.336. The van der Waals surface area contributed by atoms with Crippen LogP contribution in [0.15, 0.2) is 53.1 Å². The Morgan fingerprint density at radius 2 is 1.69 bits per heavy atom. The van der Waals surface area contributed by atoms with E-state index in [0.717, 1.165) is 22.6 Å². The van der Waals surface area contributed by atoms with E-state index in [2.05, 4.69) is 15.5 Å². The van der Waals surface area contributed by atoms with E-state index in [4.69, 9.17) is 14.0 Å². The molecule has 3 rings (SSSR count). The fraction of sp³-hybridized carbons (Fsp3) is 0.300. The van der Waals surface area contributed by atoms with Gasteiger partial charge >= 0.3 is 0 Å². The normalized spacial score (nSPS) is 12.0. The first-order valence-electron chi connectivity index (χ1n) is 8.49. The fourth-order valence-electron chi connectivity index (χ4n) is 2.62. The highest BCUT2D eigenvalue weighted by molar-refractivity contribution is 5.38. The van der Waals surface area contributed by atoms with Gasteiger partial charge in [-0.2, -0.15) is 4.98 Å². The van der Waals surface area contributed by atoms with Crippen LogP contribution in [0, 0.1) is 0 Å². The second kappa shape index (κ2) is 8.49. The van der Waals surface area contributed by atoms with Crippen LogP contribution in [0.25, 0.3) is 0 Å². The van der Waals surface area contributed by atoms with Crippen molar-refractivity contribution in [3.8, 4) is 11.5 Å². The number of aromatic nitrogens is 2. The third-order valence-corrected chi connectivity index (χ3v) is 4.08. The number of nitrogens with zero attached hydrogens (tertiary/aromatic N) is 2. The Labute approximate surface area is 153 Å². The zero-order valence-electron chi connectivity index (χ0n) is 15.2. The molecule has 6 nitrogen and oxygen atoms in total. The van der Waals surface area contributed by atoms with Gasteiger partial charge in [-0.1, -0.05) is 35.5 Å². The number of nitrogens with one attached hydrogen (secondary N) is 1. The summed E-state index contributed by atoms with van der Waals surface area (Å²) in [5, 5.41) is 7.46. The van der Waals surface area contributed by atoms with Crippen molar-refractivity contribution in [3.05, 3.63) is 71.4 Å². The van der Waals surface area contributed by atoms with Crippen molar-refractivity contribution >= 4 is 0 Å². The summed E-state index contributed by atoms with van der Waals surface area (Å²) >= 11 is 0. The van der Waals surface area contributed by atoms with Crippen LogP contribution in [0.4, 0.5) is 0 Å². The third kappa shape index (κ3) is 4.61. The molecule has 26 heavy (non-hydrogen) atoms. The highest BCUT2D eigenvalue weighted by Gasteiger charge is 2.14. The first kappa shape index (κ1) is 17.9. The summed E-state index contributed by atoms with van der Waals surface area (Å²) in [6, 6.07) is 15.8. The maximum atomic E-state index is 5.40. The summed E-state index contributed by atoms with van der Waals surface area (Å²) < 4.78 is 16.0. The molecule has 2 aromatic carbocycles. The highest BCUT2D eigenvalue weighted by Crippen LogP contribution is 2.23. The van der Waals surface area contributed by atoms with Crippen molar-refractivity contribution in [2.45, 2.75) is 25.9 Å². The zero-order chi connectivity index (χ0) is 18.4. The molecular formula is C20H23N3O3. The topological polar surface area (TPSA) is 69.4 Å². The predicted octanol–water partition coefficient (Wildman–Crippen LogP) is 3.53. The molecule has 0 amide bonds. The van der Waals surface area contributed by atoms with Gasteiger partial charge in [0.2, 0.25) is 5.89 Å². The Kier molecular flexibility index (Phi) is 5.86. The van der Waals surface area contributed by atoms with Gasteiger partial charge in [-0.25, -0.2) is 0 Å². The van der Waals surface area contributed by atoms with Crippen molar-refractivity contribution in [2.24, 2.45) is 0 Å². The lowest BCUT2D eigenvalue weighted by Gasteiger charge is -2.12. The third-order valence-electron chi connectivity index (χ3n) is 4.08. The Hall–Kier alpha value is -2.86. The van der Waals surface area contributed by atoms with E-state index in [1.807, 2.05) is 55.5 Å². The molecule has 1 heterocycles. The first-order valence-corrected chi connectivity index (χ1v) is 8.49. The summed E-state index contributed by atoms with van der Waals surface area (Å²) in [7, 11) is 3.28. The largest absolute Gasteiger partial charge is 0.497 e. The minimum atomic E-state index is -0.0655. The Balaban J connectivity index is 1.61. The van der Waals surface area contributed by atoms with Gasteiger partial charge in [-0.3, -0.25) is 0 Å². The molecule has 3 aromatic rings. The van der Waals surface area contributed by atoms with Gasteiger partial charge < -0.3 is 19.3 Å². The average Bonchev–Trinajstić information content (AvgIpc) is 3.15. The van der Waals surface area contributed by atoms with Crippen LogP contribution < -0.4 is 14.8 Å². The standard InChI is InChI=1S/C20H23N3O3/c1-14(21-13-16-9-17(24-2)12-18(10-16)25-3)20-22-19(23-26-20)11-15-7-5-4-6-8-15/h4-10,12,14,21H,11,13H2,1-3H3. The van der Waals surface area contributed by atoms with Crippen molar-refractivity contribution in [1.82, 2.24) is 15.5 Å². The van der Waals surface area contributed by atoms with Crippen LogP contribution in [-0.2, 0) is 13.0 Å². The van der Waals surface area contributed by atoms with Crippen molar-refractivity contribution in [2.75, 3.05) is 14.2 Å². The zero-order valence-corrected chi connectivity index (χ0v) is 15.2. The summed E-state index contributed by atoms with van der Waals surface area (Å²) in [6.45, 7) is 2.63.